The number of fused-ring (bicyclic) bond motifs is 1. The van der Waals surface area contributed by atoms with Gasteiger partial charge in [0.1, 0.15) is 12.3 Å². The topological polar surface area (TPSA) is 86.9 Å². The lowest BCUT2D eigenvalue weighted by Crippen LogP contribution is -2.39. The van der Waals surface area contributed by atoms with Crippen molar-refractivity contribution in [2.75, 3.05) is 20.1 Å². The number of oxime groups is 1. The maximum absolute atomic E-state index is 12.7. The van der Waals surface area contributed by atoms with Gasteiger partial charge in [-0.2, -0.15) is 0 Å². The Balaban J connectivity index is 1.59. The number of nitrogens with one attached hydrogen (secondary N) is 1. The van der Waals surface area contributed by atoms with Gasteiger partial charge in [-0.25, -0.2) is 0 Å². The van der Waals surface area contributed by atoms with E-state index < -0.39 is 0 Å². The first-order valence-corrected chi connectivity index (χ1v) is 10.1. The van der Waals surface area contributed by atoms with Crippen LogP contribution in [0.1, 0.15) is 35.5 Å². The van der Waals surface area contributed by atoms with Crippen LogP contribution in [0.4, 0.5) is 0 Å². The molecule has 30 heavy (non-hydrogen) atoms. The van der Waals surface area contributed by atoms with Crippen LogP contribution in [0.5, 0.6) is 0 Å². The van der Waals surface area contributed by atoms with Crippen LogP contribution in [0.2, 0.25) is 0 Å². The molecule has 0 atom stereocenters. The van der Waals surface area contributed by atoms with Crippen LogP contribution in [0.15, 0.2) is 59.8 Å². The van der Waals surface area contributed by atoms with Gasteiger partial charge in [0.15, 0.2) is 0 Å². The fourth-order valence-corrected chi connectivity index (χ4v) is 3.23. The molecule has 0 aliphatic rings. The third-order valence-electron chi connectivity index (χ3n) is 5.09. The van der Waals surface area contributed by atoms with Crippen molar-refractivity contribution in [1.29, 1.82) is 0 Å². The third kappa shape index (κ3) is 5.18. The number of guanidine groups is 1. The lowest BCUT2D eigenvalue weighted by atomic mass is 10.1. The number of rotatable bonds is 8. The maximum atomic E-state index is 12.7. The molecule has 158 valence electrons. The Kier molecular flexibility index (Phi) is 7.08. The number of hydrogen-bond donors (Lipinski definition) is 2. The molecule has 0 unspecified atom stereocenters. The van der Waals surface area contributed by atoms with Crippen LogP contribution in [-0.4, -0.2) is 46.8 Å². The maximum Gasteiger partial charge on any atom is 0.276 e. The highest BCUT2D eigenvalue weighted by molar-refractivity contribution is 6.06. The fraction of sp³-hybridized carbons (Fsp3) is 0.304. The Labute approximate surface area is 177 Å². The van der Waals surface area contributed by atoms with E-state index in [-0.39, 0.29) is 18.5 Å². The standard InChI is InChI=1S/C23H29N5O2/c1-4-28(5-2)15-17-9-8-10-18(13-17)16-30-26-23(24)27(3)22(29)21-14-19-11-6-7-12-20(19)25-21/h6-14,25H,4-5,15-16H2,1-3H3,(H2,24,26). The van der Waals surface area contributed by atoms with E-state index >= 15 is 0 Å². The number of nitrogens with zero attached hydrogens (tertiary/aromatic N) is 3. The molecule has 3 N–H and O–H groups in total. The van der Waals surface area contributed by atoms with Crippen LogP contribution in [0.25, 0.3) is 10.9 Å². The minimum atomic E-state index is -0.280. The van der Waals surface area contributed by atoms with Crippen molar-refractivity contribution in [3.05, 3.63) is 71.4 Å². The predicted molar refractivity (Wildman–Crippen MR) is 120 cm³/mol. The normalized spacial score (nSPS) is 11.8. The summed E-state index contributed by atoms with van der Waals surface area (Å²) in [4.78, 5) is 24.8. The molecule has 0 aliphatic heterocycles. The van der Waals surface area contributed by atoms with Gasteiger partial charge in [0, 0.05) is 24.5 Å². The van der Waals surface area contributed by atoms with Crippen LogP contribution >= 0.6 is 0 Å². The van der Waals surface area contributed by atoms with Gasteiger partial charge >= 0.3 is 0 Å². The molecule has 1 heterocycles. The Morgan fingerprint density at radius 3 is 2.53 bits per heavy atom. The molecule has 3 aromatic rings. The van der Waals surface area contributed by atoms with E-state index in [0.717, 1.165) is 36.1 Å². The van der Waals surface area contributed by atoms with Crippen LogP contribution < -0.4 is 5.73 Å². The number of aromatic amines is 1. The number of nitrogens with two attached hydrogens (primary N) is 1. The lowest BCUT2D eigenvalue weighted by Gasteiger charge is -2.18. The quantitative estimate of drug-likeness (QED) is 0.340. The minimum absolute atomic E-state index is 0.00190. The van der Waals surface area contributed by atoms with Crippen LogP contribution in [-0.2, 0) is 18.0 Å². The predicted octanol–water partition coefficient (Wildman–Crippen LogP) is 3.53. The van der Waals surface area contributed by atoms with E-state index in [4.69, 9.17) is 10.6 Å². The van der Waals surface area contributed by atoms with Crippen molar-refractivity contribution in [2.24, 2.45) is 10.9 Å². The number of para-hydroxylation sites is 1. The average Bonchev–Trinajstić information content (AvgIpc) is 3.21. The van der Waals surface area contributed by atoms with Gasteiger partial charge in [0.2, 0.25) is 5.96 Å². The van der Waals surface area contributed by atoms with E-state index in [2.05, 4.69) is 41.0 Å². The SMILES string of the molecule is CCN(CC)Cc1cccc(CON=C(N)N(C)C(=O)c2cc3ccccc3[nH]2)c1. The van der Waals surface area contributed by atoms with Gasteiger partial charge < -0.3 is 15.6 Å². The molecular formula is C23H29N5O2. The summed E-state index contributed by atoms with van der Waals surface area (Å²) in [5, 5.41) is 4.88. The zero-order valence-electron chi connectivity index (χ0n) is 17.8. The number of H-pyrrole nitrogens is 1. The molecular weight excluding hydrogens is 378 g/mol. The number of carbonyl (C=O) groups is 1. The lowest BCUT2D eigenvalue weighted by molar-refractivity contribution is 0.0845. The van der Waals surface area contributed by atoms with Crippen molar-refractivity contribution in [1.82, 2.24) is 14.8 Å². The van der Waals surface area contributed by atoms with E-state index in [1.165, 1.54) is 10.5 Å². The third-order valence-corrected chi connectivity index (χ3v) is 5.09. The van der Waals surface area contributed by atoms with Crippen molar-refractivity contribution < 1.29 is 9.63 Å². The molecule has 2 aromatic carbocycles. The number of carbonyl (C=O) groups excluding carboxylic acids is 1. The molecule has 1 aromatic heterocycles. The smallest absolute Gasteiger partial charge is 0.276 e. The van der Waals surface area contributed by atoms with Crippen molar-refractivity contribution in [3.8, 4) is 0 Å². The number of benzene rings is 2. The van der Waals surface area contributed by atoms with Gasteiger partial charge in [-0.15, -0.1) is 0 Å². The highest BCUT2D eigenvalue weighted by atomic mass is 16.6. The Bertz CT molecular complexity index is 990. The van der Waals surface area contributed by atoms with Crippen molar-refractivity contribution in [2.45, 2.75) is 27.0 Å². The summed E-state index contributed by atoms with van der Waals surface area (Å²) < 4.78 is 0. The number of amides is 1. The zero-order valence-corrected chi connectivity index (χ0v) is 17.8. The Hall–Kier alpha value is -3.32. The van der Waals surface area contributed by atoms with Crippen molar-refractivity contribution in [3.63, 3.8) is 0 Å². The minimum Gasteiger partial charge on any atom is -0.388 e. The van der Waals surface area contributed by atoms with Crippen LogP contribution in [0.3, 0.4) is 0 Å². The Morgan fingerprint density at radius 2 is 1.80 bits per heavy atom. The second-order valence-electron chi connectivity index (χ2n) is 7.14. The summed E-state index contributed by atoms with van der Waals surface area (Å²) in [6.45, 7) is 7.50. The van der Waals surface area contributed by atoms with E-state index in [1.54, 1.807) is 13.1 Å². The molecule has 3 rings (SSSR count). The average molecular weight is 408 g/mol. The summed E-state index contributed by atoms with van der Waals surface area (Å²) in [6.07, 6.45) is 0. The van der Waals surface area contributed by atoms with E-state index in [0.29, 0.717) is 5.69 Å². The van der Waals surface area contributed by atoms with Crippen molar-refractivity contribution >= 4 is 22.8 Å². The second kappa shape index (κ2) is 9.93. The first kappa shape index (κ1) is 21.4. The molecule has 7 heteroatoms. The molecule has 0 fully saturated rings. The number of aromatic nitrogens is 1. The summed E-state index contributed by atoms with van der Waals surface area (Å²) >= 11 is 0. The summed E-state index contributed by atoms with van der Waals surface area (Å²) in [6, 6.07) is 17.7. The highest BCUT2D eigenvalue weighted by Crippen LogP contribution is 2.16. The molecule has 1 amide bonds. The molecule has 7 nitrogen and oxygen atoms in total. The first-order valence-electron chi connectivity index (χ1n) is 10.1. The molecule has 0 spiro atoms. The molecule has 0 saturated carbocycles. The zero-order chi connectivity index (χ0) is 21.5. The highest BCUT2D eigenvalue weighted by Gasteiger charge is 2.17. The summed E-state index contributed by atoms with van der Waals surface area (Å²) in [5.41, 5.74) is 9.52. The second-order valence-corrected chi connectivity index (χ2v) is 7.14. The van der Waals surface area contributed by atoms with Gasteiger partial charge in [-0.1, -0.05) is 56.3 Å². The Morgan fingerprint density at radius 1 is 1.07 bits per heavy atom. The summed E-state index contributed by atoms with van der Waals surface area (Å²) in [5.74, 6) is -0.282. The van der Waals surface area contributed by atoms with Crippen LogP contribution in [0, 0.1) is 0 Å². The van der Waals surface area contributed by atoms with Gasteiger partial charge in [-0.05, 0) is 41.5 Å². The van der Waals surface area contributed by atoms with E-state index in [1.807, 2.05) is 36.4 Å². The number of hydrogen-bond acceptors (Lipinski definition) is 4. The summed E-state index contributed by atoms with van der Waals surface area (Å²) in [7, 11) is 1.57. The fourth-order valence-electron chi connectivity index (χ4n) is 3.23. The first-order chi connectivity index (χ1) is 14.5. The molecule has 0 saturated heterocycles. The van der Waals surface area contributed by atoms with Gasteiger partial charge in [-0.3, -0.25) is 14.6 Å². The molecule has 0 aliphatic carbocycles. The van der Waals surface area contributed by atoms with E-state index in [9.17, 15) is 4.79 Å². The molecule has 0 radical (unpaired) electrons. The van der Waals surface area contributed by atoms with Gasteiger partial charge in [0.05, 0.1) is 0 Å². The van der Waals surface area contributed by atoms with Gasteiger partial charge in [0.25, 0.3) is 5.91 Å². The molecule has 0 bridgehead atoms. The largest absolute Gasteiger partial charge is 0.388 e. The monoisotopic (exact) mass is 407 g/mol.